The number of hydrogen-bond donors (Lipinski definition) is 1. The van der Waals surface area contributed by atoms with E-state index >= 15 is 0 Å². The van der Waals surface area contributed by atoms with Gasteiger partial charge in [0.2, 0.25) is 0 Å². The van der Waals surface area contributed by atoms with E-state index in [0.29, 0.717) is 5.56 Å². The molecule has 0 aliphatic rings. The van der Waals surface area contributed by atoms with E-state index in [-0.39, 0.29) is 5.91 Å². The highest BCUT2D eigenvalue weighted by molar-refractivity contribution is 9.10. The molecule has 0 spiro atoms. The number of aryl methyl sites for hydroxylation is 4. The fourth-order valence-corrected chi connectivity index (χ4v) is 3.07. The zero-order valence-corrected chi connectivity index (χ0v) is 13.9. The Hall–Kier alpha value is -1.62. The molecule has 0 saturated heterocycles. The Kier molecular flexibility index (Phi) is 3.99. The van der Waals surface area contributed by atoms with E-state index in [1.54, 1.807) is 4.68 Å². The molecular formula is C15H18BrN3O. The van der Waals surface area contributed by atoms with Gasteiger partial charge in [-0.25, -0.2) is 0 Å². The summed E-state index contributed by atoms with van der Waals surface area (Å²) in [7, 11) is 1.84. The second kappa shape index (κ2) is 5.40. The van der Waals surface area contributed by atoms with E-state index in [2.05, 4.69) is 26.3 Å². The Morgan fingerprint density at radius 2 is 1.75 bits per heavy atom. The summed E-state index contributed by atoms with van der Waals surface area (Å²) >= 11 is 3.46. The highest BCUT2D eigenvalue weighted by atomic mass is 79.9. The first-order chi connectivity index (χ1) is 9.31. The van der Waals surface area contributed by atoms with Crippen molar-refractivity contribution in [2.45, 2.75) is 27.7 Å². The van der Waals surface area contributed by atoms with Gasteiger partial charge in [-0.2, -0.15) is 5.10 Å². The normalized spacial score (nSPS) is 10.7. The lowest BCUT2D eigenvalue weighted by atomic mass is 10.1. The number of hydrogen-bond acceptors (Lipinski definition) is 2. The molecule has 0 radical (unpaired) electrons. The second-order valence-corrected chi connectivity index (χ2v) is 5.95. The summed E-state index contributed by atoms with van der Waals surface area (Å²) < 4.78 is 2.74. The first-order valence-corrected chi connectivity index (χ1v) is 7.19. The van der Waals surface area contributed by atoms with Crippen LogP contribution in [0.1, 0.15) is 32.9 Å². The number of rotatable bonds is 2. The first kappa shape index (κ1) is 14.8. The molecule has 20 heavy (non-hydrogen) atoms. The lowest BCUT2D eigenvalue weighted by Gasteiger charge is -2.12. The fraction of sp³-hybridized carbons (Fsp3) is 0.333. The molecule has 0 atom stereocenters. The van der Waals surface area contributed by atoms with E-state index < -0.39 is 0 Å². The molecule has 4 nitrogen and oxygen atoms in total. The van der Waals surface area contributed by atoms with Gasteiger partial charge in [-0.05, 0) is 51.0 Å². The van der Waals surface area contributed by atoms with Gasteiger partial charge in [0.25, 0.3) is 5.91 Å². The maximum Gasteiger partial charge on any atom is 0.259 e. The van der Waals surface area contributed by atoms with Crippen LogP contribution in [-0.2, 0) is 7.05 Å². The van der Waals surface area contributed by atoms with Crippen molar-refractivity contribution in [2.75, 3.05) is 5.32 Å². The lowest BCUT2D eigenvalue weighted by Crippen LogP contribution is -2.15. The third-order valence-electron chi connectivity index (χ3n) is 3.47. The van der Waals surface area contributed by atoms with Crippen molar-refractivity contribution in [1.82, 2.24) is 9.78 Å². The summed E-state index contributed by atoms with van der Waals surface area (Å²) in [6.07, 6.45) is 0. The summed E-state index contributed by atoms with van der Waals surface area (Å²) in [6, 6.07) is 3.98. The molecule has 0 aliphatic carbocycles. The molecule has 2 aromatic rings. The standard InChI is InChI=1S/C15H18BrN3O/c1-8-6-12(16)7-9(2)14(8)17-15(20)13-10(3)18-19(5)11(13)4/h6-7H,1-5H3,(H,17,20). The van der Waals surface area contributed by atoms with Gasteiger partial charge in [0.1, 0.15) is 0 Å². The largest absolute Gasteiger partial charge is 0.321 e. The van der Waals surface area contributed by atoms with Crippen molar-refractivity contribution < 1.29 is 4.79 Å². The minimum absolute atomic E-state index is 0.110. The first-order valence-electron chi connectivity index (χ1n) is 6.39. The maximum absolute atomic E-state index is 12.5. The number of anilines is 1. The minimum Gasteiger partial charge on any atom is -0.321 e. The van der Waals surface area contributed by atoms with Crippen molar-refractivity contribution in [3.8, 4) is 0 Å². The van der Waals surface area contributed by atoms with Gasteiger partial charge in [-0.1, -0.05) is 15.9 Å². The van der Waals surface area contributed by atoms with Crippen molar-refractivity contribution in [3.05, 3.63) is 44.7 Å². The highest BCUT2D eigenvalue weighted by Crippen LogP contribution is 2.26. The molecule has 1 heterocycles. The molecule has 1 aromatic heterocycles. The molecule has 0 bridgehead atoms. The number of aromatic nitrogens is 2. The third kappa shape index (κ3) is 2.63. The zero-order chi connectivity index (χ0) is 15.0. The molecule has 0 unspecified atom stereocenters. The van der Waals surface area contributed by atoms with Crippen molar-refractivity contribution >= 4 is 27.5 Å². The van der Waals surface area contributed by atoms with E-state index in [1.165, 1.54) is 0 Å². The van der Waals surface area contributed by atoms with Gasteiger partial charge < -0.3 is 5.32 Å². The number of carbonyl (C=O) groups excluding carboxylic acids is 1. The van der Waals surface area contributed by atoms with Crippen molar-refractivity contribution in [3.63, 3.8) is 0 Å². The summed E-state index contributed by atoms with van der Waals surface area (Å²) in [4.78, 5) is 12.5. The molecule has 5 heteroatoms. The van der Waals surface area contributed by atoms with Crippen LogP contribution in [0.2, 0.25) is 0 Å². The van der Waals surface area contributed by atoms with Gasteiger partial charge in [0.15, 0.2) is 0 Å². The average molecular weight is 336 g/mol. The Bertz CT molecular complexity index is 666. The Morgan fingerprint density at radius 1 is 1.20 bits per heavy atom. The summed E-state index contributed by atoms with van der Waals surface area (Å²) in [5.41, 5.74) is 5.19. The number of halogens is 1. The van der Waals surface area contributed by atoms with Gasteiger partial charge >= 0.3 is 0 Å². The molecule has 1 aromatic carbocycles. The highest BCUT2D eigenvalue weighted by Gasteiger charge is 2.18. The topological polar surface area (TPSA) is 46.9 Å². The predicted molar refractivity (Wildman–Crippen MR) is 84.3 cm³/mol. The van der Waals surface area contributed by atoms with Crippen LogP contribution in [-0.4, -0.2) is 15.7 Å². The maximum atomic E-state index is 12.5. The molecule has 1 N–H and O–H groups in total. The Balaban J connectivity index is 2.38. The van der Waals surface area contributed by atoms with E-state index in [1.807, 2.05) is 46.9 Å². The van der Waals surface area contributed by atoms with Crippen molar-refractivity contribution in [1.29, 1.82) is 0 Å². The quantitative estimate of drug-likeness (QED) is 0.910. The second-order valence-electron chi connectivity index (χ2n) is 5.04. The Labute approximate surface area is 127 Å². The number of nitrogens with zero attached hydrogens (tertiary/aromatic N) is 2. The molecule has 0 fully saturated rings. The third-order valence-corrected chi connectivity index (χ3v) is 3.93. The van der Waals surface area contributed by atoms with Crippen LogP contribution in [0, 0.1) is 27.7 Å². The monoisotopic (exact) mass is 335 g/mol. The SMILES string of the molecule is Cc1cc(Br)cc(C)c1NC(=O)c1c(C)nn(C)c1C. The predicted octanol–water partition coefficient (Wildman–Crippen LogP) is 3.67. The lowest BCUT2D eigenvalue weighted by molar-refractivity contribution is 0.102. The average Bonchev–Trinajstić information content (AvgIpc) is 2.58. The molecular weight excluding hydrogens is 318 g/mol. The van der Waals surface area contributed by atoms with Crippen LogP contribution in [0.4, 0.5) is 5.69 Å². The van der Waals surface area contributed by atoms with Crippen LogP contribution in [0.25, 0.3) is 0 Å². The van der Waals surface area contributed by atoms with Gasteiger partial charge in [-0.3, -0.25) is 9.48 Å². The summed E-state index contributed by atoms with van der Waals surface area (Å²) in [5, 5.41) is 7.28. The smallest absolute Gasteiger partial charge is 0.259 e. The van der Waals surface area contributed by atoms with Gasteiger partial charge in [0, 0.05) is 22.9 Å². The molecule has 0 saturated carbocycles. The summed E-state index contributed by atoms with van der Waals surface area (Å²) in [5.74, 6) is -0.110. The summed E-state index contributed by atoms with van der Waals surface area (Å²) in [6.45, 7) is 7.71. The Morgan fingerprint density at radius 3 is 2.20 bits per heavy atom. The molecule has 0 aliphatic heterocycles. The van der Waals surface area contributed by atoms with Crippen LogP contribution in [0.5, 0.6) is 0 Å². The fourth-order valence-electron chi connectivity index (χ4n) is 2.39. The zero-order valence-electron chi connectivity index (χ0n) is 12.3. The van der Waals surface area contributed by atoms with Crippen LogP contribution < -0.4 is 5.32 Å². The van der Waals surface area contributed by atoms with Crippen LogP contribution in [0.15, 0.2) is 16.6 Å². The van der Waals surface area contributed by atoms with Gasteiger partial charge in [-0.15, -0.1) is 0 Å². The number of nitrogens with one attached hydrogen (secondary N) is 1. The van der Waals surface area contributed by atoms with E-state index in [0.717, 1.165) is 32.7 Å². The van der Waals surface area contributed by atoms with Crippen LogP contribution in [0.3, 0.4) is 0 Å². The number of benzene rings is 1. The number of carbonyl (C=O) groups is 1. The minimum atomic E-state index is -0.110. The van der Waals surface area contributed by atoms with E-state index in [4.69, 9.17) is 0 Å². The molecule has 106 valence electrons. The van der Waals surface area contributed by atoms with E-state index in [9.17, 15) is 4.79 Å². The van der Waals surface area contributed by atoms with Gasteiger partial charge in [0.05, 0.1) is 11.3 Å². The molecule has 2 rings (SSSR count). The molecule has 1 amide bonds. The number of amides is 1. The van der Waals surface area contributed by atoms with Crippen LogP contribution >= 0.6 is 15.9 Å². The van der Waals surface area contributed by atoms with Crippen molar-refractivity contribution in [2.24, 2.45) is 7.05 Å².